The van der Waals surface area contributed by atoms with Crippen LogP contribution in [0.5, 0.6) is 0 Å². The molecular formula is C18H14F6N4O2. The first-order valence-corrected chi connectivity index (χ1v) is 8.36. The highest BCUT2D eigenvalue weighted by molar-refractivity contribution is 5.73. The Labute approximate surface area is 165 Å². The van der Waals surface area contributed by atoms with Crippen molar-refractivity contribution in [3.8, 4) is 0 Å². The predicted octanol–water partition coefficient (Wildman–Crippen LogP) is 2.98. The average molecular weight is 432 g/mol. The third-order valence-corrected chi connectivity index (χ3v) is 4.13. The number of nitrogens with zero attached hydrogens (tertiary/aromatic N) is 2. The molecular weight excluding hydrogens is 418 g/mol. The standard InChI is InChI=1S/2C9H7F3N2O/c2*10-5-1-4(2-6(11)8(5)12)7-3-15-9(13)14-7/h2*1-2,7H,3H2,(H2,13,14)/t7-;/m1./s1. The number of benzene rings is 2. The molecule has 2 atom stereocenters. The molecule has 1 unspecified atom stereocenters. The lowest BCUT2D eigenvalue weighted by Gasteiger charge is -2.06. The van der Waals surface area contributed by atoms with E-state index in [4.69, 9.17) is 20.9 Å². The van der Waals surface area contributed by atoms with Gasteiger partial charge in [0.05, 0.1) is 0 Å². The van der Waals surface area contributed by atoms with Gasteiger partial charge in [-0.1, -0.05) is 0 Å². The number of ether oxygens (including phenoxy) is 2. The first-order valence-electron chi connectivity index (χ1n) is 8.36. The molecule has 6 nitrogen and oxygen atoms in total. The van der Waals surface area contributed by atoms with E-state index in [1.54, 1.807) is 0 Å². The quantitative estimate of drug-likeness (QED) is 0.564. The smallest absolute Gasteiger partial charge is 0.282 e. The van der Waals surface area contributed by atoms with Crippen LogP contribution in [0.1, 0.15) is 23.2 Å². The van der Waals surface area contributed by atoms with Crippen molar-refractivity contribution >= 4 is 12.0 Å². The molecule has 2 aromatic carbocycles. The van der Waals surface area contributed by atoms with Crippen molar-refractivity contribution in [2.75, 3.05) is 13.2 Å². The second-order valence-corrected chi connectivity index (χ2v) is 6.19. The van der Waals surface area contributed by atoms with Crippen LogP contribution < -0.4 is 11.5 Å². The van der Waals surface area contributed by atoms with E-state index in [9.17, 15) is 26.3 Å². The molecule has 160 valence electrons. The zero-order chi connectivity index (χ0) is 22.0. The molecule has 30 heavy (non-hydrogen) atoms. The van der Waals surface area contributed by atoms with E-state index < -0.39 is 47.0 Å². The molecule has 0 saturated carbocycles. The maximum absolute atomic E-state index is 12.9. The largest absolute Gasteiger partial charge is 0.463 e. The zero-order valence-electron chi connectivity index (χ0n) is 15.0. The minimum Gasteiger partial charge on any atom is -0.463 e. The first kappa shape index (κ1) is 21.3. The van der Waals surface area contributed by atoms with E-state index in [1.165, 1.54) is 0 Å². The van der Waals surface area contributed by atoms with Crippen molar-refractivity contribution in [1.29, 1.82) is 0 Å². The van der Waals surface area contributed by atoms with Gasteiger partial charge in [0.25, 0.3) is 12.0 Å². The van der Waals surface area contributed by atoms with Crippen molar-refractivity contribution in [1.82, 2.24) is 0 Å². The molecule has 12 heteroatoms. The van der Waals surface area contributed by atoms with Crippen LogP contribution in [0.15, 0.2) is 34.3 Å². The number of rotatable bonds is 2. The van der Waals surface area contributed by atoms with Gasteiger partial charge in [0.1, 0.15) is 25.3 Å². The third kappa shape index (κ3) is 4.58. The number of aliphatic imine (C=N–C) groups is 2. The minimum absolute atomic E-state index is 0.0369. The van der Waals surface area contributed by atoms with E-state index in [2.05, 4.69) is 9.98 Å². The van der Waals surface area contributed by atoms with Crippen molar-refractivity contribution in [2.45, 2.75) is 12.1 Å². The molecule has 0 bridgehead atoms. The minimum atomic E-state index is -1.49. The van der Waals surface area contributed by atoms with Crippen LogP contribution in [0, 0.1) is 34.9 Å². The summed E-state index contributed by atoms with van der Waals surface area (Å²) < 4.78 is 86.3. The second kappa shape index (κ2) is 8.51. The molecule has 4 rings (SSSR count). The Hall–Kier alpha value is -3.44. The zero-order valence-corrected chi connectivity index (χ0v) is 15.0. The van der Waals surface area contributed by atoms with Gasteiger partial charge in [-0.15, -0.1) is 0 Å². The Balaban J connectivity index is 0.000000171. The van der Waals surface area contributed by atoms with Gasteiger partial charge in [0, 0.05) is 0 Å². The molecule has 4 N–H and O–H groups in total. The van der Waals surface area contributed by atoms with Gasteiger partial charge in [-0.2, -0.15) is 0 Å². The van der Waals surface area contributed by atoms with E-state index >= 15 is 0 Å². The lowest BCUT2D eigenvalue weighted by Crippen LogP contribution is -2.10. The van der Waals surface area contributed by atoms with Crippen LogP contribution in [0.2, 0.25) is 0 Å². The Morgan fingerprint density at radius 2 is 0.933 bits per heavy atom. The fourth-order valence-electron chi connectivity index (χ4n) is 2.66. The molecule has 2 heterocycles. The van der Waals surface area contributed by atoms with Crippen molar-refractivity contribution < 1.29 is 35.8 Å². The number of hydrogen-bond donors (Lipinski definition) is 2. The fraction of sp³-hybridized carbons (Fsp3) is 0.222. The van der Waals surface area contributed by atoms with Gasteiger partial charge >= 0.3 is 0 Å². The van der Waals surface area contributed by atoms with E-state index in [0.717, 1.165) is 24.3 Å². The van der Waals surface area contributed by atoms with Gasteiger partial charge < -0.3 is 20.9 Å². The molecule has 2 aliphatic rings. The van der Waals surface area contributed by atoms with Crippen LogP contribution in [-0.4, -0.2) is 25.3 Å². The van der Waals surface area contributed by atoms with Crippen LogP contribution in [0.4, 0.5) is 26.3 Å². The Morgan fingerprint density at radius 1 is 0.633 bits per heavy atom. The van der Waals surface area contributed by atoms with E-state index in [0.29, 0.717) is 0 Å². The van der Waals surface area contributed by atoms with Crippen molar-refractivity contribution in [2.24, 2.45) is 21.5 Å². The molecule has 0 fully saturated rings. The maximum Gasteiger partial charge on any atom is 0.282 e. The molecule has 0 spiro atoms. The van der Waals surface area contributed by atoms with Crippen LogP contribution in [-0.2, 0) is 9.47 Å². The summed E-state index contributed by atoms with van der Waals surface area (Å²) >= 11 is 0. The summed E-state index contributed by atoms with van der Waals surface area (Å²) in [5, 5.41) is 0. The van der Waals surface area contributed by atoms with Gasteiger partial charge in [0.15, 0.2) is 34.9 Å². The van der Waals surface area contributed by atoms with Gasteiger partial charge in [-0.05, 0) is 35.4 Å². The van der Waals surface area contributed by atoms with Crippen LogP contribution in [0.25, 0.3) is 0 Å². The summed E-state index contributed by atoms with van der Waals surface area (Å²) in [6.45, 7) is 0.215. The maximum atomic E-state index is 12.9. The molecule has 0 aromatic heterocycles. The fourth-order valence-corrected chi connectivity index (χ4v) is 2.66. The Bertz CT molecular complexity index is 902. The molecule has 0 amide bonds. The summed E-state index contributed by atoms with van der Waals surface area (Å²) in [5.41, 5.74) is 10.9. The normalized spacial score (nSPS) is 19.9. The summed E-state index contributed by atoms with van der Waals surface area (Å²) in [7, 11) is 0. The van der Waals surface area contributed by atoms with Crippen LogP contribution in [0.3, 0.4) is 0 Å². The second-order valence-electron chi connectivity index (χ2n) is 6.19. The van der Waals surface area contributed by atoms with Gasteiger partial charge in [-0.25, -0.2) is 36.3 Å². The number of nitrogens with two attached hydrogens (primary N) is 2. The van der Waals surface area contributed by atoms with Gasteiger partial charge in [0.2, 0.25) is 0 Å². The highest BCUT2D eigenvalue weighted by Crippen LogP contribution is 2.26. The molecule has 2 aromatic rings. The highest BCUT2D eigenvalue weighted by atomic mass is 19.2. The average Bonchev–Trinajstić information content (AvgIpc) is 3.32. The topological polar surface area (TPSA) is 95.2 Å². The SMILES string of the molecule is NC1=NC(c2cc(F)c(F)c(F)c2)CO1.NC1=N[C@@H](c2cc(F)c(F)c(F)c2)CO1. The lowest BCUT2D eigenvalue weighted by atomic mass is 10.1. The number of amidine groups is 2. The summed E-state index contributed by atoms with van der Waals surface area (Å²) in [6.07, 6.45) is 0. The van der Waals surface area contributed by atoms with E-state index in [-0.39, 0.29) is 36.4 Å². The predicted molar refractivity (Wildman–Crippen MR) is 93.3 cm³/mol. The molecule has 0 aliphatic carbocycles. The summed E-state index contributed by atoms with van der Waals surface area (Å²) in [6, 6.07) is 2.31. The summed E-state index contributed by atoms with van der Waals surface area (Å²) in [4.78, 5) is 7.57. The molecule has 2 aliphatic heterocycles. The highest BCUT2D eigenvalue weighted by Gasteiger charge is 2.23. The van der Waals surface area contributed by atoms with Crippen molar-refractivity contribution in [3.05, 3.63) is 70.3 Å². The Kier molecular flexibility index (Phi) is 6.04. The van der Waals surface area contributed by atoms with Gasteiger partial charge in [-0.3, -0.25) is 0 Å². The summed E-state index contributed by atoms with van der Waals surface area (Å²) in [5.74, 6) is -7.96. The van der Waals surface area contributed by atoms with E-state index in [1.807, 2.05) is 0 Å². The lowest BCUT2D eigenvalue weighted by molar-refractivity contribution is 0.314. The third-order valence-electron chi connectivity index (χ3n) is 4.13. The molecule has 0 radical (unpaired) electrons. The molecule has 0 saturated heterocycles. The number of halogens is 6. The monoisotopic (exact) mass is 432 g/mol. The number of hydrogen-bond acceptors (Lipinski definition) is 6. The Morgan fingerprint density at radius 3 is 1.17 bits per heavy atom. The first-order chi connectivity index (χ1) is 14.2. The van der Waals surface area contributed by atoms with Crippen LogP contribution >= 0.6 is 0 Å². The van der Waals surface area contributed by atoms with Crippen molar-refractivity contribution in [3.63, 3.8) is 0 Å².